The van der Waals surface area contributed by atoms with Gasteiger partial charge < -0.3 is 10.7 Å². The summed E-state index contributed by atoms with van der Waals surface area (Å²) in [5.41, 5.74) is 6.32. The van der Waals surface area contributed by atoms with Crippen molar-refractivity contribution in [2.24, 2.45) is 5.73 Å². The first kappa shape index (κ1) is 8.56. The first-order valence-corrected chi connectivity index (χ1v) is 4.09. The molecule has 11 heavy (non-hydrogen) atoms. The summed E-state index contributed by atoms with van der Waals surface area (Å²) in [7, 11) is 0. The van der Waals surface area contributed by atoms with Crippen molar-refractivity contribution < 1.29 is 0 Å². The Hall–Kier alpha value is -0.540. The molecule has 0 spiro atoms. The summed E-state index contributed by atoms with van der Waals surface area (Å²) < 4.78 is 0. The smallest absolute Gasteiger partial charge is 0.150 e. The van der Waals surface area contributed by atoms with E-state index in [0.29, 0.717) is 11.7 Å². The van der Waals surface area contributed by atoms with Gasteiger partial charge in [-0.2, -0.15) is 0 Å². The molecule has 4 heteroatoms. The lowest BCUT2D eigenvalue weighted by atomic mass is 10.3. The molecule has 0 amide bonds. The Labute approximate surface area is 71.0 Å². The van der Waals surface area contributed by atoms with Crippen LogP contribution in [0.15, 0.2) is 0 Å². The number of nitrogens with one attached hydrogen (secondary N) is 1. The summed E-state index contributed by atoms with van der Waals surface area (Å²) in [6.45, 7) is 2.63. The monoisotopic (exact) mass is 173 g/mol. The summed E-state index contributed by atoms with van der Waals surface area (Å²) in [6.07, 6.45) is 1.65. The van der Waals surface area contributed by atoms with E-state index in [1.807, 2.05) is 6.92 Å². The maximum atomic E-state index is 5.80. The van der Waals surface area contributed by atoms with Crippen LogP contribution in [0.4, 0.5) is 0 Å². The van der Waals surface area contributed by atoms with E-state index in [1.165, 1.54) is 0 Å². The van der Waals surface area contributed by atoms with E-state index in [9.17, 15) is 0 Å². The normalized spacial score (nSPS) is 10.5. The van der Waals surface area contributed by atoms with Crippen molar-refractivity contribution >= 4 is 11.6 Å². The maximum absolute atomic E-state index is 5.80. The highest BCUT2D eigenvalue weighted by atomic mass is 35.5. The van der Waals surface area contributed by atoms with Crippen LogP contribution in [0.25, 0.3) is 0 Å². The average molecular weight is 174 g/mol. The summed E-state index contributed by atoms with van der Waals surface area (Å²) >= 11 is 5.80. The number of aromatic amines is 1. The molecule has 0 aromatic carbocycles. The van der Waals surface area contributed by atoms with E-state index in [1.54, 1.807) is 0 Å². The number of H-pyrrole nitrogens is 1. The molecule has 0 radical (unpaired) electrons. The van der Waals surface area contributed by atoms with Gasteiger partial charge >= 0.3 is 0 Å². The topological polar surface area (TPSA) is 54.7 Å². The molecule has 0 saturated carbocycles. The molecule has 0 unspecified atom stereocenters. The minimum atomic E-state index is 0.562. The minimum Gasteiger partial charge on any atom is -0.345 e. The molecular formula is C7H12ClN3. The van der Waals surface area contributed by atoms with Crippen molar-refractivity contribution in [3.05, 3.63) is 16.7 Å². The van der Waals surface area contributed by atoms with E-state index in [4.69, 9.17) is 17.3 Å². The summed E-state index contributed by atoms with van der Waals surface area (Å²) in [6, 6.07) is 0. The van der Waals surface area contributed by atoms with E-state index in [2.05, 4.69) is 9.97 Å². The van der Waals surface area contributed by atoms with Gasteiger partial charge in [-0.1, -0.05) is 18.5 Å². The Morgan fingerprint density at radius 1 is 1.64 bits per heavy atom. The molecule has 0 aliphatic rings. The fourth-order valence-electron chi connectivity index (χ4n) is 0.917. The van der Waals surface area contributed by atoms with Crippen molar-refractivity contribution in [2.75, 3.05) is 6.54 Å². The molecule has 0 aliphatic carbocycles. The Bertz CT molecular complexity index is 232. The van der Waals surface area contributed by atoms with Crippen LogP contribution in [0.3, 0.4) is 0 Å². The van der Waals surface area contributed by atoms with Gasteiger partial charge in [0, 0.05) is 12.8 Å². The number of hydrogen-bond acceptors (Lipinski definition) is 2. The van der Waals surface area contributed by atoms with E-state index in [0.717, 1.165) is 24.4 Å². The van der Waals surface area contributed by atoms with Crippen molar-refractivity contribution in [1.82, 2.24) is 9.97 Å². The third-order valence-electron chi connectivity index (χ3n) is 1.51. The molecule has 0 bridgehead atoms. The first-order chi connectivity index (χ1) is 5.27. The van der Waals surface area contributed by atoms with Gasteiger partial charge in [0.15, 0.2) is 0 Å². The average Bonchev–Trinajstić information content (AvgIpc) is 2.33. The van der Waals surface area contributed by atoms with Crippen LogP contribution in [0, 0.1) is 0 Å². The van der Waals surface area contributed by atoms with Crippen molar-refractivity contribution in [3.8, 4) is 0 Å². The molecule has 0 fully saturated rings. The van der Waals surface area contributed by atoms with Gasteiger partial charge in [-0.05, 0) is 6.54 Å². The number of aromatic nitrogens is 2. The van der Waals surface area contributed by atoms with Gasteiger partial charge in [-0.15, -0.1) is 0 Å². The molecule has 0 saturated heterocycles. The Balaban J connectivity index is 2.79. The third kappa shape index (κ3) is 1.94. The highest BCUT2D eigenvalue weighted by molar-refractivity contribution is 6.30. The highest BCUT2D eigenvalue weighted by Crippen LogP contribution is 2.12. The quantitative estimate of drug-likeness (QED) is 0.720. The zero-order valence-electron chi connectivity index (χ0n) is 6.52. The van der Waals surface area contributed by atoms with Crippen molar-refractivity contribution in [3.63, 3.8) is 0 Å². The van der Waals surface area contributed by atoms with Crippen LogP contribution in [0.2, 0.25) is 5.15 Å². The van der Waals surface area contributed by atoms with Gasteiger partial charge in [0.05, 0.1) is 5.69 Å². The number of halogens is 1. The third-order valence-corrected chi connectivity index (χ3v) is 1.82. The molecule has 1 aromatic heterocycles. The zero-order chi connectivity index (χ0) is 8.27. The Morgan fingerprint density at radius 3 is 2.82 bits per heavy atom. The fraction of sp³-hybridized carbons (Fsp3) is 0.571. The lowest BCUT2D eigenvalue weighted by molar-refractivity contribution is 0.913. The Morgan fingerprint density at radius 2 is 2.36 bits per heavy atom. The van der Waals surface area contributed by atoms with Crippen molar-refractivity contribution in [1.29, 1.82) is 0 Å². The molecule has 62 valence electrons. The largest absolute Gasteiger partial charge is 0.345 e. The van der Waals surface area contributed by atoms with Crippen LogP contribution in [-0.2, 0) is 12.8 Å². The predicted octanol–water partition coefficient (Wildman–Crippen LogP) is 1.13. The Kier molecular flexibility index (Phi) is 2.91. The molecular weight excluding hydrogens is 162 g/mol. The molecule has 1 heterocycles. The summed E-state index contributed by atoms with van der Waals surface area (Å²) in [5.74, 6) is 0.929. The second-order valence-corrected chi connectivity index (χ2v) is 2.70. The van der Waals surface area contributed by atoms with Gasteiger partial charge in [0.2, 0.25) is 0 Å². The van der Waals surface area contributed by atoms with Crippen LogP contribution in [-0.4, -0.2) is 16.5 Å². The van der Waals surface area contributed by atoms with Crippen LogP contribution >= 0.6 is 11.6 Å². The molecule has 3 N–H and O–H groups in total. The molecule has 0 aliphatic heterocycles. The SMILES string of the molecule is CCc1nc(Cl)c(CCN)[nH]1. The van der Waals surface area contributed by atoms with Gasteiger partial charge in [-0.25, -0.2) is 4.98 Å². The van der Waals surface area contributed by atoms with E-state index >= 15 is 0 Å². The molecule has 3 nitrogen and oxygen atoms in total. The maximum Gasteiger partial charge on any atom is 0.150 e. The molecule has 1 rings (SSSR count). The number of nitrogens with two attached hydrogens (primary N) is 1. The standard InChI is InChI=1S/C7H12ClN3/c1-2-6-10-5(3-4-9)7(8)11-6/h2-4,9H2,1H3,(H,10,11). The van der Waals surface area contributed by atoms with Crippen molar-refractivity contribution in [2.45, 2.75) is 19.8 Å². The second-order valence-electron chi connectivity index (χ2n) is 2.35. The fourth-order valence-corrected chi connectivity index (χ4v) is 1.16. The van der Waals surface area contributed by atoms with Crippen LogP contribution in [0.1, 0.15) is 18.4 Å². The lowest BCUT2D eigenvalue weighted by Gasteiger charge is -1.91. The number of hydrogen-bond donors (Lipinski definition) is 2. The van der Waals surface area contributed by atoms with Gasteiger partial charge in [-0.3, -0.25) is 0 Å². The van der Waals surface area contributed by atoms with E-state index in [-0.39, 0.29) is 0 Å². The van der Waals surface area contributed by atoms with E-state index < -0.39 is 0 Å². The molecule has 0 atom stereocenters. The summed E-state index contributed by atoms with van der Waals surface area (Å²) in [5, 5.41) is 0.562. The predicted molar refractivity (Wildman–Crippen MR) is 45.7 cm³/mol. The number of nitrogens with zero attached hydrogens (tertiary/aromatic N) is 1. The zero-order valence-corrected chi connectivity index (χ0v) is 7.28. The highest BCUT2D eigenvalue weighted by Gasteiger charge is 2.04. The van der Waals surface area contributed by atoms with Crippen LogP contribution in [0.5, 0.6) is 0 Å². The number of rotatable bonds is 3. The van der Waals surface area contributed by atoms with Gasteiger partial charge in [0.25, 0.3) is 0 Å². The lowest BCUT2D eigenvalue weighted by Crippen LogP contribution is -2.03. The molecule has 1 aromatic rings. The van der Waals surface area contributed by atoms with Crippen LogP contribution < -0.4 is 5.73 Å². The summed E-state index contributed by atoms with van der Waals surface area (Å²) in [4.78, 5) is 7.21. The second kappa shape index (κ2) is 3.74. The number of aryl methyl sites for hydroxylation is 1. The first-order valence-electron chi connectivity index (χ1n) is 3.71. The number of imidazole rings is 1. The minimum absolute atomic E-state index is 0.562. The van der Waals surface area contributed by atoms with Gasteiger partial charge in [0.1, 0.15) is 11.0 Å².